The first kappa shape index (κ1) is 25.1. The van der Waals surface area contributed by atoms with Gasteiger partial charge in [-0.3, -0.25) is 9.59 Å². The molecule has 0 aliphatic carbocycles. The fraction of sp³-hybridized carbons (Fsp3) is 0.188. The molecular formula is C32H31N3O3. The smallest absolute Gasteiger partial charge is 0.255 e. The summed E-state index contributed by atoms with van der Waals surface area (Å²) in [7, 11) is 1.65. The second-order valence-corrected chi connectivity index (χ2v) is 9.29. The molecule has 2 heterocycles. The van der Waals surface area contributed by atoms with Crippen molar-refractivity contribution in [2.24, 2.45) is 0 Å². The molecular weight excluding hydrogens is 474 g/mol. The number of carbonyl (C=O) groups excluding carboxylic acids is 2. The monoisotopic (exact) mass is 505 g/mol. The third kappa shape index (κ3) is 5.25. The minimum absolute atomic E-state index is 0.0201. The van der Waals surface area contributed by atoms with Gasteiger partial charge in [0.25, 0.3) is 5.91 Å². The molecule has 1 aliphatic heterocycles. The number of piperazine rings is 1. The van der Waals surface area contributed by atoms with E-state index in [1.807, 2.05) is 109 Å². The van der Waals surface area contributed by atoms with Gasteiger partial charge in [-0.05, 0) is 42.3 Å². The standard InChI is InChI=1S/C32H31N3O3/c1-24-29(23-30(26-12-7-4-8-13-26)35(24)27-14-9-15-28(22-27)38-2)32(37)34-20-18-33(19-21-34)31(36)17-16-25-10-5-3-6-11-25/h3-17,22-23H,18-21H2,1-2H3/b17-16+. The van der Waals surface area contributed by atoms with Crippen LogP contribution in [-0.2, 0) is 4.79 Å². The van der Waals surface area contributed by atoms with Crippen molar-refractivity contribution < 1.29 is 14.3 Å². The van der Waals surface area contributed by atoms with Crippen LogP contribution in [0.25, 0.3) is 23.0 Å². The van der Waals surface area contributed by atoms with Crippen LogP contribution in [0.15, 0.2) is 97.1 Å². The number of nitrogens with zero attached hydrogens (tertiary/aromatic N) is 3. The number of hydrogen-bond donors (Lipinski definition) is 0. The van der Waals surface area contributed by atoms with E-state index in [2.05, 4.69) is 4.57 Å². The summed E-state index contributed by atoms with van der Waals surface area (Å²) in [5.41, 5.74) is 5.42. The molecule has 6 heteroatoms. The predicted octanol–water partition coefficient (Wildman–Crippen LogP) is 5.46. The van der Waals surface area contributed by atoms with E-state index < -0.39 is 0 Å². The normalized spacial score (nSPS) is 13.6. The number of ether oxygens (including phenoxy) is 1. The maximum absolute atomic E-state index is 13.7. The largest absolute Gasteiger partial charge is 0.497 e. The first-order chi connectivity index (χ1) is 18.5. The van der Waals surface area contributed by atoms with Crippen LogP contribution in [0.5, 0.6) is 5.75 Å². The summed E-state index contributed by atoms with van der Waals surface area (Å²) in [6.45, 7) is 3.98. The number of hydrogen-bond acceptors (Lipinski definition) is 3. The molecule has 0 radical (unpaired) electrons. The maximum Gasteiger partial charge on any atom is 0.255 e. The molecule has 0 atom stereocenters. The molecule has 2 amide bonds. The average Bonchev–Trinajstić information content (AvgIpc) is 3.33. The van der Waals surface area contributed by atoms with Gasteiger partial charge in [-0.1, -0.05) is 66.7 Å². The van der Waals surface area contributed by atoms with E-state index in [1.54, 1.807) is 18.1 Å². The zero-order chi connectivity index (χ0) is 26.5. The zero-order valence-corrected chi connectivity index (χ0v) is 21.7. The minimum Gasteiger partial charge on any atom is -0.497 e. The highest BCUT2D eigenvalue weighted by Gasteiger charge is 2.27. The lowest BCUT2D eigenvalue weighted by atomic mass is 10.1. The Hall–Kier alpha value is -4.58. The molecule has 0 bridgehead atoms. The lowest BCUT2D eigenvalue weighted by Gasteiger charge is -2.34. The predicted molar refractivity (Wildman–Crippen MR) is 150 cm³/mol. The Kier molecular flexibility index (Phi) is 7.40. The van der Waals surface area contributed by atoms with E-state index in [9.17, 15) is 9.59 Å². The average molecular weight is 506 g/mol. The molecule has 0 saturated carbocycles. The lowest BCUT2D eigenvalue weighted by molar-refractivity contribution is -0.127. The lowest BCUT2D eigenvalue weighted by Crippen LogP contribution is -2.50. The van der Waals surface area contributed by atoms with Crippen molar-refractivity contribution in [2.75, 3.05) is 33.3 Å². The highest BCUT2D eigenvalue weighted by atomic mass is 16.5. The number of aromatic nitrogens is 1. The second-order valence-electron chi connectivity index (χ2n) is 9.29. The molecule has 3 aromatic carbocycles. The number of methoxy groups -OCH3 is 1. The third-order valence-corrected chi connectivity index (χ3v) is 6.96. The summed E-state index contributed by atoms with van der Waals surface area (Å²) >= 11 is 0. The number of rotatable bonds is 6. The summed E-state index contributed by atoms with van der Waals surface area (Å²) in [5.74, 6) is 0.700. The Morgan fingerprint density at radius 1 is 0.789 bits per heavy atom. The molecule has 1 aliphatic rings. The van der Waals surface area contributed by atoms with Crippen LogP contribution in [0.2, 0.25) is 0 Å². The fourth-order valence-electron chi connectivity index (χ4n) is 4.86. The molecule has 38 heavy (non-hydrogen) atoms. The summed E-state index contributed by atoms with van der Waals surface area (Å²) in [6.07, 6.45) is 3.44. The van der Waals surface area contributed by atoms with Crippen LogP contribution in [-0.4, -0.2) is 59.5 Å². The van der Waals surface area contributed by atoms with Crippen LogP contribution in [0.1, 0.15) is 21.6 Å². The zero-order valence-electron chi connectivity index (χ0n) is 21.7. The molecule has 1 fully saturated rings. The number of benzene rings is 3. The van der Waals surface area contributed by atoms with Crippen LogP contribution in [0, 0.1) is 6.92 Å². The van der Waals surface area contributed by atoms with E-state index in [0.29, 0.717) is 31.7 Å². The van der Waals surface area contributed by atoms with Crippen molar-refractivity contribution in [3.8, 4) is 22.7 Å². The molecule has 0 spiro atoms. The van der Waals surface area contributed by atoms with Crippen LogP contribution < -0.4 is 4.74 Å². The Balaban J connectivity index is 1.37. The molecule has 6 nitrogen and oxygen atoms in total. The molecule has 1 aromatic heterocycles. The van der Waals surface area contributed by atoms with Gasteiger partial charge in [0.1, 0.15) is 5.75 Å². The Morgan fingerprint density at radius 2 is 1.45 bits per heavy atom. The van der Waals surface area contributed by atoms with Gasteiger partial charge in [0.15, 0.2) is 0 Å². The Labute approximate surface area is 223 Å². The van der Waals surface area contributed by atoms with Gasteiger partial charge >= 0.3 is 0 Å². The molecule has 4 aromatic rings. The van der Waals surface area contributed by atoms with Crippen LogP contribution in [0.4, 0.5) is 0 Å². The SMILES string of the molecule is COc1cccc(-n2c(-c3ccccc3)cc(C(=O)N3CCN(C(=O)/C=C/c4ccccc4)CC3)c2C)c1. The first-order valence-corrected chi connectivity index (χ1v) is 12.8. The Bertz CT molecular complexity index is 1450. The summed E-state index contributed by atoms with van der Waals surface area (Å²) in [6, 6.07) is 29.7. The van der Waals surface area contributed by atoms with Crippen molar-refractivity contribution >= 4 is 17.9 Å². The summed E-state index contributed by atoms with van der Waals surface area (Å²) < 4.78 is 7.57. The van der Waals surface area contributed by atoms with E-state index in [4.69, 9.17) is 4.74 Å². The summed E-state index contributed by atoms with van der Waals surface area (Å²) in [5, 5.41) is 0. The second kappa shape index (κ2) is 11.2. The molecule has 5 rings (SSSR count). The van der Waals surface area contributed by atoms with Gasteiger partial charge in [-0.15, -0.1) is 0 Å². The van der Waals surface area contributed by atoms with Gasteiger partial charge in [-0.2, -0.15) is 0 Å². The van der Waals surface area contributed by atoms with Gasteiger partial charge in [0.05, 0.1) is 18.4 Å². The minimum atomic E-state index is -0.0346. The van der Waals surface area contributed by atoms with Gasteiger partial charge in [0, 0.05) is 49.7 Å². The van der Waals surface area contributed by atoms with Gasteiger partial charge in [-0.25, -0.2) is 0 Å². The van der Waals surface area contributed by atoms with E-state index >= 15 is 0 Å². The Morgan fingerprint density at radius 3 is 2.13 bits per heavy atom. The summed E-state index contributed by atoms with van der Waals surface area (Å²) in [4.78, 5) is 30.1. The van der Waals surface area contributed by atoms with Crippen molar-refractivity contribution in [3.05, 3.63) is 114 Å². The van der Waals surface area contributed by atoms with Crippen LogP contribution in [0.3, 0.4) is 0 Å². The fourth-order valence-corrected chi connectivity index (χ4v) is 4.86. The van der Waals surface area contributed by atoms with Gasteiger partial charge < -0.3 is 19.1 Å². The van der Waals surface area contributed by atoms with Crippen molar-refractivity contribution in [3.63, 3.8) is 0 Å². The maximum atomic E-state index is 13.7. The van der Waals surface area contributed by atoms with E-state index in [0.717, 1.165) is 34.0 Å². The highest BCUT2D eigenvalue weighted by molar-refractivity contribution is 5.98. The quantitative estimate of drug-likeness (QED) is 0.327. The number of carbonyl (C=O) groups is 2. The van der Waals surface area contributed by atoms with Crippen molar-refractivity contribution in [2.45, 2.75) is 6.92 Å². The highest BCUT2D eigenvalue weighted by Crippen LogP contribution is 2.31. The molecule has 1 saturated heterocycles. The van der Waals surface area contributed by atoms with E-state index in [-0.39, 0.29) is 11.8 Å². The van der Waals surface area contributed by atoms with Crippen molar-refractivity contribution in [1.29, 1.82) is 0 Å². The third-order valence-electron chi connectivity index (χ3n) is 6.96. The molecule has 192 valence electrons. The number of amides is 2. The molecule has 0 N–H and O–H groups in total. The van der Waals surface area contributed by atoms with Gasteiger partial charge in [0.2, 0.25) is 5.91 Å². The topological polar surface area (TPSA) is 54.8 Å². The van der Waals surface area contributed by atoms with Crippen molar-refractivity contribution in [1.82, 2.24) is 14.4 Å². The van der Waals surface area contributed by atoms with Crippen LogP contribution >= 0.6 is 0 Å². The molecule has 0 unspecified atom stereocenters. The van der Waals surface area contributed by atoms with E-state index in [1.165, 1.54) is 0 Å². The first-order valence-electron chi connectivity index (χ1n) is 12.8.